The van der Waals surface area contributed by atoms with Crippen LogP contribution in [0.25, 0.3) is 22.0 Å². The number of hydrogen-bond donors (Lipinski definition) is 4. The molecule has 62 heavy (non-hydrogen) atoms. The molecule has 1 aromatic heterocycles. The van der Waals surface area contributed by atoms with Crippen molar-refractivity contribution in [2.24, 2.45) is 7.05 Å². The molecule has 3 heterocycles. The summed E-state index contributed by atoms with van der Waals surface area (Å²) in [6, 6.07) is 36.8. The van der Waals surface area contributed by atoms with E-state index < -0.39 is 12.2 Å². The number of benzene rings is 5. The number of phenols is 1. The van der Waals surface area contributed by atoms with Crippen molar-refractivity contribution in [3.63, 3.8) is 0 Å². The fourth-order valence-corrected chi connectivity index (χ4v) is 8.46. The molecule has 5 aromatic carbocycles. The number of rotatable bonds is 14. The maximum absolute atomic E-state index is 14.8. The third kappa shape index (κ3) is 8.70. The maximum atomic E-state index is 14.8. The number of hydrogen-bond acceptors (Lipinski definition) is 8. The van der Waals surface area contributed by atoms with E-state index in [1.165, 1.54) is 0 Å². The first-order chi connectivity index (χ1) is 30.1. The molecule has 4 amide bonds. The van der Waals surface area contributed by atoms with E-state index in [9.17, 15) is 19.5 Å². The second-order valence-electron chi connectivity index (χ2n) is 15.5. The number of fused-ring (bicyclic) bond motifs is 2. The summed E-state index contributed by atoms with van der Waals surface area (Å²) in [4.78, 5) is 46.5. The highest BCUT2D eigenvalue weighted by atomic mass is 16.5. The van der Waals surface area contributed by atoms with Crippen molar-refractivity contribution in [1.82, 2.24) is 29.7 Å². The van der Waals surface area contributed by atoms with Gasteiger partial charge in [-0.2, -0.15) is 0 Å². The summed E-state index contributed by atoms with van der Waals surface area (Å²) in [5.41, 5.74) is 7.40. The van der Waals surface area contributed by atoms with Crippen molar-refractivity contribution >= 4 is 40.1 Å². The second kappa shape index (κ2) is 18.0. The SMILES string of the molecule is C=CCN1CC(=O)N2[C@@H](Cc3ccc(O)cc3)C(=O)N(Cc3cccc4c(-c5ccc(NC(=C)Nc6ccc(OC)cc6)cc5)cn(C)c34)C[C@@H]2N1C(=O)NCc1ccccc1. The van der Waals surface area contributed by atoms with Gasteiger partial charge in [0, 0.05) is 61.6 Å². The van der Waals surface area contributed by atoms with Gasteiger partial charge in [-0.1, -0.05) is 85.5 Å². The molecule has 2 aliphatic heterocycles. The fraction of sp³-hybridized carbons (Fsp3) is 0.204. The number of piperazine rings is 1. The highest BCUT2D eigenvalue weighted by molar-refractivity contribution is 5.98. The van der Waals surface area contributed by atoms with Crippen LogP contribution in [-0.2, 0) is 36.1 Å². The van der Waals surface area contributed by atoms with E-state index in [1.54, 1.807) is 57.3 Å². The van der Waals surface area contributed by atoms with Crippen LogP contribution >= 0.6 is 0 Å². The highest BCUT2D eigenvalue weighted by Gasteiger charge is 2.51. The van der Waals surface area contributed by atoms with Gasteiger partial charge in [0.25, 0.3) is 0 Å². The summed E-state index contributed by atoms with van der Waals surface area (Å²) in [6.45, 7) is 8.80. The molecule has 4 N–H and O–H groups in total. The normalized spacial score (nSPS) is 16.5. The summed E-state index contributed by atoms with van der Waals surface area (Å²) in [6.07, 6.45) is 3.16. The molecule has 13 nitrogen and oxygen atoms in total. The van der Waals surface area contributed by atoms with Gasteiger partial charge in [0.15, 0.2) is 0 Å². The molecular formula is C49H50N8O5. The van der Waals surface area contributed by atoms with Crippen LogP contribution in [0.5, 0.6) is 11.5 Å². The van der Waals surface area contributed by atoms with Gasteiger partial charge >= 0.3 is 6.03 Å². The van der Waals surface area contributed by atoms with Gasteiger partial charge in [0.2, 0.25) is 11.8 Å². The number of urea groups is 1. The largest absolute Gasteiger partial charge is 0.508 e. The van der Waals surface area contributed by atoms with Gasteiger partial charge in [-0.25, -0.2) is 14.8 Å². The highest BCUT2D eigenvalue weighted by Crippen LogP contribution is 2.35. The number of amides is 4. The first kappa shape index (κ1) is 41.2. The number of aromatic hydroxyl groups is 1. The molecule has 6 aromatic rings. The number of aromatic nitrogens is 1. The molecule has 13 heteroatoms. The monoisotopic (exact) mass is 830 g/mol. The lowest BCUT2D eigenvalue weighted by Crippen LogP contribution is -2.76. The van der Waals surface area contributed by atoms with E-state index in [0.29, 0.717) is 5.82 Å². The number of hydrazine groups is 1. The Kier molecular flexibility index (Phi) is 12.0. The minimum absolute atomic E-state index is 0.0871. The van der Waals surface area contributed by atoms with Crippen LogP contribution in [0.1, 0.15) is 16.7 Å². The summed E-state index contributed by atoms with van der Waals surface area (Å²) >= 11 is 0. The molecule has 2 fully saturated rings. The Bertz CT molecular complexity index is 2590. The van der Waals surface area contributed by atoms with Gasteiger partial charge in [-0.15, -0.1) is 6.58 Å². The van der Waals surface area contributed by atoms with Crippen molar-refractivity contribution in [2.45, 2.75) is 31.7 Å². The summed E-state index contributed by atoms with van der Waals surface area (Å²) in [5.74, 6) is 1.03. The van der Waals surface area contributed by atoms with E-state index in [2.05, 4.69) is 58.1 Å². The van der Waals surface area contributed by atoms with E-state index in [0.717, 1.165) is 55.8 Å². The van der Waals surface area contributed by atoms with Gasteiger partial charge in [-0.05, 0) is 70.8 Å². The predicted octanol–water partition coefficient (Wildman–Crippen LogP) is 7.29. The molecule has 0 radical (unpaired) electrons. The minimum atomic E-state index is -0.904. The Labute approximate surface area is 361 Å². The Balaban J connectivity index is 1.07. The summed E-state index contributed by atoms with van der Waals surface area (Å²) in [5, 5.41) is 24.0. The van der Waals surface area contributed by atoms with Crippen LogP contribution in [0.2, 0.25) is 0 Å². The van der Waals surface area contributed by atoms with Crippen molar-refractivity contribution in [3.8, 4) is 22.6 Å². The number of ether oxygens (including phenoxy) is 1. The zero-order chi connectivity index (χ0) is 43.3. The molecule has 2 saturated heterocycles. The van der Waals surface area contributed by atoms with Gasteiger partial charge in [0.05, 0.1) is 25.7 Å². The number of aryl methyl sites for hydroxylation is 1. The van der Waals surface area contributed by atoms with Crippen LogP contribution in [-0.4, -0.2) is 86.3 Å². The molecule has 316 valence electrons. The van der Waals surface area contributed by atoms with Crippen molar-refractivity contribution < 1.29 is 24.2 Å². The van der Waals surface area contributed by atoms with E-state index in [1.807, 2.05) is 85.9 Å². The van der Waals surface area contributed by atoms with Gasteiger partial charge in [-0.3, -0.25) is 9.59 Å². The third-order valence-corrected chi connectivity index (χ3v) is 11.4. The van der Waals surface area contributed by atoms with Crippen molar-refractivity contribution in [2.75, 3.05) is 37.4 Å². The van der Waals surface area contributed by atoms with E-state index in [-0.39, 0.29) is 62.7 Å². The van der Waals surface area contributed by atoms with E-state index >= 15 is 0 Å². The number of phenolic OH excluding ortho intramolecular Hbond substituents is 1. The second-order valence-corrected chi connectivity index (χ2v) is 15.5. The Morgan fingerprint density at radius 3 is 2.24 bits per heavy atom. The molecular weight excluding hydrogens is 781 g/mol. The number of methoxy groups -OCH3 is 1. The maximum Gasteiger partial charge on any atom is 0.334 e. The zero-order valence-corrected chi connectivity index (χ0v) is 34.8. The number of para-hydroxylation sites is 1. The van der Waals surface area contributed by atoms with Crippen LogP contribution in [0.4, 0.5) is 16.2 Å². The Morgan fingerprint density at radius 1 is 0.871 bits per heavy atom. The van der Waals surface area contributed by atoms with Gasteiger partial charge < -0.3 is 40.2 Å². The van der Waals surface area contributed by atoms with Crippen molar-refractivity contribution in [3.05, 3.63) is 169 Å². The summed E-state index contributed by atoms with van der Waals surface area (Å²) < 4.78 is 7.34. The molecule has 0 aliphatic carbocycles. The smallest absolute Gasteiger partial charge is 0.334 e. The lowest BCUT2D eigenvalue weighted by Gasteiger charge is -2.55. The average molecular weight is 831 g/mol. The zero-order valence-electron chi connectivity index (χ0n) is 34.8. The summed E-state index contributed by atoms with van der Waals surface area (Å²) in [7, 11) is 3.63. The number of nitrogens with zero attached hydrogens (tertiary/aromatic N) is 5. The molecule has 0 bridgehead atoms. The average Bonchev–Trinajstić information content (AvgIpc) is 3.62. The lowest BCUT2D eigenvalue weighted by molar-refractivity contribution is -0.189. The van der Waals surface area contributed by atoms with Crippen LogP contribution in [0.15, 0.2) is 153 Å². The predicted molar refractivity (Wildman–Crippen MR) is 242 cm³/mol. The molecule has 8 rings (SSSR count). The molecule has 0 spiro atoms. The quantitative estimate of drug-likeness (QED) is 0.0842. The van der Waals surface area contributed by atoms with Crippen LogP contribution in [0.3, 0.4) is 0 Å². The third-order valence-electron chi connectivity index (χ3n) is 11.4. The van der Waals surface area contributed by atoms with Crippen LogP contribution < -0.4 is 20.7 Å². The van der Waals surface area contributed by atoms with Crippen LogP contribution in [0, 0.1) is 0 Å². The standard InChI is InChI=1S/C49H50N8O5/c1-5-26-55-32-46(59)56-44(27-34-14-22-40(58)23-15-34)48(60)54(31-45(56)57(55)49(61)50-28-35-10-7-6-8-11-35)29-37-12-9-13-42-43(30-53(3)47(37)42)36-16-18-38(19-17-36)51-33(2)52-39-20-24-41(62-4)25-21-39/h5-25,30,44-45,51-52,58H,1-2,26-29,31-32H2,3-4H3,(H,50,61)/t44-,45-/m0/s1. The van der Waals surface area contributed by atoms with Gasteiger partial charge in [0.1, 0.15) is 29.5 Å². The fourth-order valence-electron chi connectivity index (χ4n) is 8.46. The Morgan fingerprint density at radius 2 is 1.56 bits per heavy atom. The number of carbonyl (C=O) groups excluding carboxylic acids is 3. The lowest BCUT2D eigenvalue weighted by atomic mass is 9.97. The molecule has 0 unspecified atom stereocenters. The molecule has 2 aliphatic rings. The van der Waals surface area contributed by atoms with E-state index in [4.69, 9.17) is 4.74 Å². The first-order valence-electron chi connectivity index (χ1n) is 20.5. The minimum Gasteiger partial charge on any atom is -0.508 e. The molecule has 2 atom stereocenters. The first-order valence-corrected chi connectivity index (χ1v) is 20.5. The topological polar surface area (TPSA) is 135 Å². The Hall–Kier alpha value is -7.51. The number of nitrogens with one attached hydrogen (secondary N) is 3. The number of carbonyl (C=O) groups is 3. The van der Waals surface area contributed by atoms with Crippen molar-refractivity contribution in [1.29, 1.82) is 0 Å². The number of anilines is 2. The molecule has 0 saturated carbocycles.